The summed E-state index contributed by atoms with van der Waals surface area (Å²) >= 11 is 0. The molecule has 3 amide bonds. The zero-order valence-electron chi connectivity index (χ0n) is 18.1. The minimum absolute atomic E-state index is 0.0797. The number of halogens is 3. The Morgan fingerprint density at radius 3 is 2.44 bits per heavy atom. The normalized spacial score (nSPS) is 15.4. The van der Waals surface area contributed by atoms with Gasteiger partial charge in [0.1, 0.15) is 11.9 Å². The van der Waals surface area contributed by atoms with Crippen molar-refractivity contribution >= 4 is 23.4 Å². The summed E-state index contributed by atoms with van der Waals surface area (Å²) in [5.41, 5.74) is -0.133. The van der Waals surface area contributed by atoms with Gasteiger partial charge < -0.3 is 25.4 Å². The molecule has 2 aromatic rings. The molecule has 3 rings (SSSR count). The molecule has 34 heavy (non-hydrogen) atoms. The lowest BCUT2D eigenvalue weighted by Crippen LogP contribution is -2.39. The summed E-state index contributed by atoms with van der Waals surface area (Å²) in [5, 5.41) is 7.92. The minimum atomic E-state index is -4.51. The van der Waals surface area contributed by atoms with Crippen LogP contribution in [0, 0.1) is 0 Å². The molecule has 1 aliphatic rings. The maximum atomic E-state index is 12.7. The number of anilines is 1. The fourth-order valence-electron chi connectivity index (χ4n) is 3.18. The molecule has 1 atom stereocenters. The highest BCUT2D eigenvalue weighted by molar-refractivity contribution is 5.96. The third-order valence-corrected chi connectivity index (χ3v) is 4.89. The molecule has 0 radical (unpaired) electrons. The van der Waals surface area contributed by atoms with Crippen molar-refractivity contribution in [2.75, 3.05) is 31.6 Å². The average Bonchev–Trinajstić information content (AvgIpc) is 3.36. The Kier molecular flexibility index (Phi) is 8.47. The van der Waals surface area contributed by atoms with Gasteiger partial charge in [-0.15, -0.1) is 0 Å². The Labute approximate surface area is 193 Å². The van der Waals surface area contributed by atoms with E-state index in [1.165, 1.54) is 36.4 Å². The molecule has 0 spiro atoms. The second kappa shape index (κ2) is 11.5. The molecular weight excluding hydrogens is 455 g/mol. The Hall–Kier alpha value is -3.60. The third-order valence-electron chi connectivity index (χ3n) is 4.89. The smallest absolute Gasteiger partial charge is 0.416 e. The van der Waals surface area contributed by atoms with Gasteiger partial charge in [-0.3, -0.25) is 14.4 Å². The lowest BCUT2D eigenvalue weighted by Gasteiger charge is -2.11. The summed E-state index contributed by atoms with van der Waals surface area (Å²) < 4.78 is 48.6. The van der Waals surface area contributed by atoms with E-state index in [2.05, 4.69) is 16.0 Å². The maximum Gasteiger partial charge on any atom is 0.416 e. The van der Waals surface area contributed by atoms with Crippen LogP contribution in [0.2, 0.25) is 0 Å². The van der Waals surface area contributed by atoms with Gasteiger partial charge in [0.05, 0.1) is 5.56 Å². The molecule has 8 nitrogen and oxygen atoms in total. The molecule has 1 saturated heterocycles. The predicted molar refractivity (Wildman–Crippen MR) is 116 cm³/mol. The molecule has 11 heteroatoms. The second-order valence-electron chi connectivity index (χ2n) is 7.49. The zero-order valence-corrected chi connectivity index (χ0v) is 18.1. The van der Waals surface area contributed by atoms with Gasteiger partial charge in [0.15, 0.2) is 6.61 Å². The molecule has 0 aliphatic carbocycles. The van der Waals surface area contributed by atoms with Crippen LogP contribution in [0.25, 0.3) is 0 Å². The Bertz CT molecular complexity index is 1010. The van der Waals surface area contributed by atoms with Gasteiger partial charge in [-0.2, -0.15) is 13.2 Å². The van der Waals surface area contributed by atoms with Gasteiger partial charge in [0, 0.05) is 30.9 Å². The standard InChI is InChI=1S/C23H24F3N3O5/c24-23(25,26)16-3-1-4-18(13-16)34-14-20(30)29-17-8-6-15(7-9-17)21(31)27-10-11-28-22(32)19-5-2-12-33-19/h1,3-4,6-9,13,19H,2,5,10-12,14H2,(H,27,31)(H,28,32)(H,29,30). The summed E-state index contributed by atoms with van der Waals surface area (Å²) in [7, 11) is 0. The van der Waals surface area contributed by atoms with E-state index in [1.807, 2.05) is 0 Å². The topological polar surface area (TPSA) is 106 Å². The highest BCUT2D eigenvalue weighted by Crippen LogP contribution is 2.31. The van der Waals surface area contributed by atoms with Crippen molar-refractivity contribution in [2.24, 2.45) is 0 Å². The van der Waals surface area contributed by atoms with Crippen molar-refractivity contribution in [1.29, 1.82) is 0 Å². The van der Waals surface area contributed by atoms with Crippen LogP contribution in [0.1, 0.15) is 28.8 Å². The van der Waals surface area contributed by atoms with E-state index in [-0.39, 0.29) is 30.7 Å². The van der Waals surface area contributed by atoms with E-state index in [9.17, 15) is 27.6 Å². The van der Waals surface area contributed by atoms with E-state index in [4.69, 9.17) is 9.47 Å². The number of nitrogens with one attached hydrogen (secondary N) is 3. The van der Waals surface area contributed by atoms with Crippen LogP contribution in [0.3, 0.4) is 0 Å². The number of rotatable bonds is 9. The average molecular weight is 479 g/mol. The predicted octanol–water partition coefficient (Wildman–Crippen LogP) is 2.75. The van der Waals surface area contributed by atoms with Gasteiger partial charge in [0.25, 0.3) is 11.8 Å². The molecule has 1 unspecified atom stereocenters. The third kappa shape index (κ3) is 7.48. The van der Waals surface area contributed by atoms with Crippen molar-refractivity contribution in [3.63, 3.8) is 0 Å². The SMILES string of the molecule is O=C(COc1cccc(C(F)(F)F)c1)Nc1ccc(C(=O)NCCNC(=O)C2CCCO2)cc1. The van der Waals surface area contributed by atoms with Gasteiger partial charge in [-0.1, -0.05) is 6.07 Å². The highest BCUT2D eigenvalue weighted by atomic mass is 19.4. The molecule has 182 valence electrons. The van der Waals surface area contributed by atoms with Crippen molar-refractivity contribution < 1.29 is 37.0 Å². The van der Waals surface area contributed by atoms with Crippen LogP contribution in [-0.4, -0.2) is 50.1 Å². The zero-order chi connectivity index (χ0) is 24.6. The summed E-state index contributed by atoms with van der Waals surface area (Å²) in [6.45, 7) is 0.600. The Morgan fingerprint density at radius 2 is 1.76 bits per heavy atom. The molecular formula is C23H24F3N3O5. The number of alkyl halides is 3. The quantitative estimate of drug-likeness (QED) is 0.480. The van der Waals surface area contributed by atoms with E-state index >= 15 is 0 Å². The van der Waals surface area contributed by atoms with Crippen molar-refractivity contribution in [1.82, 2.24) is 10.6 Å². The van der Waals surface area contributed by atoms with Crippen LogP contribution >= 0.6 is 0 Å². The Balaban J connectivity index is 1.39. The van der Waals surface area contributed by atoms with E-state index < -0.39 is 30.4 Å². The number of hydrogen-bond acceptors (Lipinski definition) is 5. The molecule has 0 bridgehead atoms. The molecule has 0 aromatic heterocycles. The molecule has 1 fully saturated rings. The first kappa shape index (κ1) is 25.0. The largest absolute Gasteiger partial charge is 0.484 e. The minimum Gasteiger partial charge on any atom is -0.484 e. The number of amides is 3. The lowest BCUT2D eigenvalue weighted by atomic mass is 10.2. The molecule has 2 aromatic carbocycles. The van der Waals surface area contributed by atoms with Gasteiger partial charge in [0.2, 0.25) is 5.91 Å². The first-order valence-electron chi connectivity index (χ1n) is 10.6. The van der Waals surface area contributed by atoms with Crippen LogP contribution in [0.5, 0.6) is 5.75 Å². The fourth-order valence-corrected chi connectivity index (χ4v) is 3.18. The van der Waals surface area contributed by atoms with Crippen LogP contribution in [-0.2, 0) is 20.5 Å². The number of ether oxygens (including phenoxy) is 2. The van der Waals surface area contributed by atoms with Crippen LogP contribution < -0.4 is 20.7 Å². The van der Waals surface area contributed by atoms with Crippen molar-refractivity contribution in [3.8, 4) is 5.75 Å². The number of carbonyl (C=O) groups excluding carboxylic acids is 3. The first-order chi connectivity index (χ1) is 16.2. The van der Waals surface area contributed by atoms with Gasteiger partial charge in [-0.05, 0) is 55.3 Å². The number of hydrogen-bond donors (Lipinski definition) is 3. The van der Waals surface area contributed by atoms with Crippen LogP contribution in [0.15, 0.2) is 48.5 Å². The summed E-state index contributed by atoms with van der Waals surface area (Å²) in [6, 6.07) is 10.3. The van der Waals surface area contributed by atoms with Crippen molar-refractivity contribution in [3.05, 3.63) is 59.7 Å². The van der Waals surface area contributed by atoms with E-state index in [1.54, 1.807) is 0 Å². The van der Waals surface area contributed by atoms with Crippen LogP contribution in [0.4, 0.5) is 18.9 Å². The summed E-state index contributed by atoms with van der Waals surface area (Å²) in [5.74, 6) is -1.19. The number of benzene rings is 2. The van der Waals surface area contributed by atoms with Crippen molar-refractivity contribution in [2.45, 2.75) is 25.1 Å². The molecule has 3 N–H and O–H groups in total. The molecule has 0 saturated carbocycles. The molecule has 1 aliphatic heterocycles. The van der Waals surface area contributed by atoms with E-state index in [0.29, 0.717) is 24.3 Å². The maximum absolute atomic E-state index is 12.7. The highest BCUT2D eigenvalue weighted by Gasteiger charge is 2.30. The summed E-state index contributed by atoms with van der Waals surface area (Å²) in [6.07, 6.45) is -3.38. The first-order valence-corrected chi connectivity index (χ1v) is 10.6. The fraction of sp³-hybridized carbons (Fsp3) is 0.348. The van der Waals surface area contributed by atoms with Gasteiger partial charge in [-0.25, -0.2) is 0 Å². The summed E-state index contributed by atoms with van der Waals surface area (Å²) in [4.78, 5) is 36.1. The van der Waals surface area contributed by atoms with E-state index in [0.717, 1.165) is 18.6 Å². The monoisotopic (exact) mass is 479 g/mol. The number of carbonyl (C=O) groups is 3. The van der Waals surface area contributed by atoms with Gasteiger partial charge >= 0.3 is 6.18 Å². The second-order valence-corrected chi connectivity index (χ2v) is 7.49. The lowest BCUT2D eigenvalue weighted by molar-refractivity contribution is -0.137. The molecule has 1 heterocycles. The Morgan fingerprint density at radius 1 is 1.03 bits per heavy atom.